The topological polar surface area (TPSA) is 95.3 Å². The maximum Gasteiger partial charge on any atom is 0.269 e. The Morgan fingerprint density at radius 2 is 1.95 bits per heavy atom. The van der Waals surface area contributed by atoms with Crippen LogP contribution in [0.4, 0.5) is 0 Å². The number of morpholine rings is 1. The normalized spacial score (nSPS) is 24.7. The summed E-state index contributed by atoms with van der Waals surface area (Å²) in [4.78, 5) is 15.1. The second-order valence-electron chi connectivity index (χ2n) is 10.7. The first kappa shape index (κ1) is 28.3. The van der Waals surface area contributed by atoms with E-state index in [0.717, 1.165) is 49.4 Å². The number of halogens is 1. The first-order valence-corrected chi connectivity index (χ1v) is 14.0. The smallest absolute Gasteiger partial charge is 0.269 e. The highest BCUT2D eigenvalue weighted by Crippen LogP contribution is 2.36. The van der Waals surface area contributed by atoms with Crippen molar-refractivity contribution < 1.29 is 9.53 Å². The van der Waals surface area contributed by atoms with Gasteiger partial charge in [0.2, 0.25) is 0 Å². The predicted molar refractivity (Wildman–Crippen MR) is 152 cm³/mol. The number of nitrogens with one attached hydrogen (secondary N) is 3. The zero-order valence-corrected chi connectivity index (χ0v) is 23.7. The molecule has 1 saturated heterocycles. The van der Waals surface area contributed by atoms with Crippen LogP contribution in [0, 0.1) is 12.3 Å². The second-order valence-corrected chi connectivity index (χ2v) is 11.1. The number of aryl methyl sites for hydroxylation is 2. The van der Waals surface area contributed by atoms with Crippen molar-refractivity contribution >= 4 is 23.2 Å². The summed E-state index contributed by atoms with van der Waals surface area (Å²) in [6.45, 7) is 5.69. The van der Waals surface area contributed by atoms with Gasteiger partial charge in [0.15, 0.2) is 0 Å². The Balaban J connectivity index is 1.40. The lowest BCUT2D eigenvalue weighted by atomic mass is 9.82. The van der Waals surface area contributed by atoms with Gasteiger partial charge >= 0.3 is 0 Å². The number of carbonyl (C=O) groups is 1. The minimum absolute atomic E-state index is 0.0618. The van der Waals surface area contributed by atoms with Crippen LogP contribution < -0.4 is 10.6 Å². The van der Waals surface area contributed by atoms with Crippen LogP contribution in [0.15, 0.2) is 42.1 Å². The quantitative estimate of drug-likeness (QED) is 0.418. The van der Waals surface area contributed by atoms with Gasteiger partial charge < -0.3 is 15.4 Å². The summed E-state index contributed by atoms with van der Waals surface area (Å²) in [7, 11) is 3.78. The van der Waals surface area contributed by atoms with E-state index >= 15 is 0 Å². The molecule has 0 radical (unpaired) electrons. The maximum absolute atomic E-state index is 12.5. The number of aromatic nitrogens is 2. The van der Waals surface area contributed by atoms with E-state index in [4.69, 9.17) is 26.8 Å². The van der Waals surface area contributed by atoms with Gasteiger partial charge in [0.25, 0.3) is 5.91 Å². The van der Waals surface area contributed by atoms with E-state index in [-0.39, 0.29) is 23.8 Å². The molecule has 8 nitrogen and oxygen atoms in total. The largest absolute Gasteiger partial charge is 0.392 e. The Morgan fingerprint density at radius 1 is 1.24 bits per heavy atom. The van der Waals surface area contributed by atoms with E-state index in [2.05, 4.69) is 40.7 Å². The van der Waals surface area contributed by atoms with Crippen LogP contribution in [0.3, 0.4) is 0 Å². The van der Waals surface area contributed by atoms with Gasteiger partial charge in [-0.1, -0.05) is 23.7 Å². The standard InChI is InChI=1S/C29H41ClN6O2/c1-19(32-3)13-27(31)29(37)33-16-26-17-36(25(18-38-26)15-21-5-9-23(30)10-6-21)24-11-7-22(8-12-24)28-14-20(2)35(4)34-28/h5-6,9-10,13-14,22,24-26,31-32H,7-8,11-12,15-18H2,1-4H3,(H,33,37)/b19-13-,31-27?. The van der Waals surface area contributed by atoms with E-state index in [0.29, 0.717) is 25.1 Å². The fourth-order valence-electron chi connectivity index (χ4n) is 5.57. The fourth-order valence-corrected chi connectivity index (χ4v) is 5.69. The lowest BCUT2D eigenvalue weighted by Crippen LogP contribution is -2.57. The second kappa shape index (κ2) is 12.9. The molecule has 0 bridgehead atoms. The van der Waals surface area contributed by atoms with Gasteiger partial charge in [0.1, 0.15) is 5.71 Å². The van der Waals surface area contributed by atoms with Crippen LogP contribution in [0.25, 0.3) is 0 Å². The fraction of sp³-hybridized carbons (Fsp3) is 0.552. The van der Waals surface area contributed by atoms with Gasteiger partial charge in [-0.15, -0.1) is 0 Å². The third kappa shape index (κ3) is 7.24. The number of ether oxygens (including phenoxy) is 1. The van der Waals surface area contributed by atoms with Crippen LogP contribution in [-0.2, 0) is 23.0 Å². The molecular formula is C29H41ClN6O2. The van der Waals surface area contributed by atoms with E-state index in [1.54, 1.807) is 7.05 Å². The van der Waals surface area contributed by atoms with E-state index in [1.165, 1.54) is 23.0 Å². The summed E-state index contributed by atoms with van der Waals surface area (Å²) < 4.78 is 8.23. The van der Waals surface area contributed by atoms with Gasteiger partial charge in [0.05, 0.1) is 18.4 Å². The minimum Gasteiger partial charge on any atom is -0.392 e. The number of benzene rings is 1. The van der Waals surface area contributed by atoms with Gasteiger partial charge in [-0.2, -0.15) is 5.10 Å². The Morgan fingerprint density at radius 3 is 2.58 bits per heavy atom. The lowest BCUT2D eigenvalue weighted by Gasteiger charge is -2.46. The van der Waals surface area contributed by atoms with Crippen molar-refractivity contribution in [1.82, 2.24) is 25.3 Å². The van der Waals surface area contributed by atoms with Crippen molar-refractivity contribution in [3.05, 3.63) is 64.1 Å². The molecule has 2 atom stereocenters. The average molecular weight is 541 g/mol. The van der Waals surface area contributed by atoms with Crippen LogP contribution in [0.5, 0.6) is 0 Å². The molecule has 1 aromatic carbocycles. The highest BCUT2D eigenvalue weighted by atomic mass is 35.5. The van der Waals surface area contributed by atoms with Crippen LogP contribution in [-0.4, -0.2) is 71.2 Å². The number of carbonyl (C=O) groups excluding carboxylic acids is 1. The van der Waals surface area contributed by atoms with E-state index in [1.807, 2.05) is 30.8 Å². The molecule has 206 valence electrons. The SMILES string of the molecule is CN/C(C)=C\C(=N)C(=O)NCC1CN(C2CCC(c3cc(C)n(C)n3)CC2)C(Cc2ccc(Cl)cc2)CO1. The van der Waals surface area contributed by atoms with Crippen molar-refractivity contribution in [2.75, 3.05) is 26.7 Å². The molecular weight excluding hydrogens is 500 g/mol. The summed E-state index contributed by atoms with van der Waals surface area (Å²) in [6.07, 6.45) is 6.81. The van der Waals surface area contributed by atoms with Gasteiger partial charge in [-0.3, -0.25) is 19.8 Å². The first-order valence-electron chi connectivity index (χ1n) is 13.6. The molecule has 2 aliphatic rings. The monoisotopic (exact) mass is 540 g/mol. The highest BCUT2D eigenvalue weighted by Gasteiger charge is 2.36. The summed E-state index contributed by atoms with van der Waals surface area (Å²) >= 11 is 6.12. The summed E-state index contributed by atoms with van der Waals surface area (Å²) in [5.74, 6) is 0.126. The maximum atomic E-state index is 12.5. The number of hydrogen-bond acceptors (Lipinski definition) is 6. The molecule has 2 heterocycles. The number of nitrogens with zero attached hydrogens (tertiary/aromatic N) is 3. The lowest BCUT2D eigenvalue weighted by molar-refractivity contribution is -0.117. The zero-order chi connectivity index (χ0) is 27.2. The van der Waals surface area contributed by atoms with E-state index < -0.39 is 0 Å². The Hall–Kier alpha value is -2.68. The predicted octanol–water partition coefficient (Wildman–Crippen LogP) is 3.98. The molecule has 9 heteroatoms. The Kier molecular flexibility index (Phi) is 9.63. The van der Waals surface area contributed by atoms with Crippen molar-refractivity contribution in [1.29, 1.82) is 5.41 Å². The number of amides is 1. The van der Waals surface area contributed by atoms with Crippen LogP contribution in [0.2, 0.25) is 5.02 Å². The molecule has 1 aliphatic heterocycles. The van der Waals surface area contributed by atoms with Crippen molar-refractivity contribution in [2.45, 2.75) is 70.1 Å². The van der Waals surface area contributed by atoms with Crippen LogP contribution >= 0.6 is 11.6 Å². The molecule has 1 aromatic heterocycles. The van der Waals surface area contributed by atoms with Gasteiger partial charge in [-0.25, -0.2) is 0 Å². The Bertz CT molecular complexity index is 1120. The molecule has 0 spiro atoms. The third-order valence-corrected chi connectivity index (χ3v) is 8.25. The molecule has 3 N–H and O–H groups in total. The zero-order valence-electron chi connectivity index (χ0n) is 23.0. The molecule has 2 fully saturated rings. The summed E-state index contributed by atoms with van der Waals surface area (Å²) in [5.41, 5.74) is 4.37. The molecule has 38 heavy (non-hydrogen) atoms. The van der Waals surface area contributed by atoms with Crippen molar-refractivity contribution in [3.63, 3.8) is 0 Å². The number of hydrogen-bond donors (Lipinski definition) is 3. The average Bonchev–Trinajstić information content (AvgIpc) is 3.26. The Labute approximate surface area is 231 Å². The van der Waals surface area contributed by atoms with Crippen molar-refractivity contribution in [2.24, 2.45) is 7.05 Å². The molecule has 4 rings (SSSR count). The van der Waals surface area contributed by atoms with Gasteiger partial charge in [0, 0.05) is 61.6 Å². The molecule has 1 aliphatic carbocycles. The number of rotatable bonds is 9. The first-order chi connectivity index (χ1) is 18.2. The molecule has 2 unspecified atom stereocenters. The summed E-state index contributed by atoms with van der Waals surface area (Å²) in [6, 6.07) is 11.0. The third-order valence-electron chi connectivity index (χ3n) is 8.00. The highest BCUT2D eigenvalue weighted by molar-refractivity contribution is 6.42. The summed E-state index contributed by atoms with van der Waals surface area (Å²) in [5, 5.41) is 19.4. The van der Waals surface area contributed by atoms with Gasteiger partial charge in [-0.05, 0) is 75.8 Å². The molecule has 1 amide bonds. The van der Waals surface area contributed by atoms with E-state index in [9.17, 15) is 4.79 Å². The molecule has 1 saturated carbocycles. The van der Waals surface area contributed by atoms with Crippen LogP contribution in [0.1, 0.15) is 55.5 Å². The van der Waals surface area contributed by atoms with Crippen molar-refractivity contribution in [3.8, 4) is 0 Å². The minimum atomic E-state index is -0.385. The molecule has 2 aromatic rings. The number of allylic oxidation sites excluding steroid dienone is 1.